The highest BCUT2D eigenvalue weighted by Crippen LogP contribution is 2.30. The molecule has 128 valence electrons. The third-order valence-corrected chi connectivity index (χ3v) is 3.31. The van der Waals surface area contributed by atoms with E-state index < -0.39 is 67.8 Å². The Bertz CT molecular complexity index is 418. The van der Waals surface area contributed by atoms with E-state index in [1.54, 1.807) is 0 Å². The van der Waals surface area contributed by atoms with Crippen LogP contribution in [0.2, 0.25) is 0 Å². The molecule has 11 heteroatoms. The standard InChI is InChI=1S/C11H19NO10/c13-2-5(16)8(18)9-7(12-6(17)3-14)4(15)1-11(21,22-9)10(19)20/h4-5,7-9,13-16,18,21H,1-3H2,(H,12,17)(H,19,20)/t4-,5-,7+,8-,9-,11+/m1/s1. The first-order valence-corrected chi connectivity index (χ1v) is 6.35. The number of hydrogen-bond donors (Lipinski definition) is 8. The van der Waals surface area contributed by atoms with Crippen molar-refractivity contribution in [1.29, 1.82) is 0 Å². The van der Waals surface area contributed by atoms with E-state index in [0.29, 0.717) is 0 Å². The van der Waals surface area contributed by atoms with E-state index in [1.165, 1.54) is 0 Å². The average molecular weight is 325 g/mol. The smallest absolute Gasteiger partial charge is 0.364 e. The molecule has 0 spiro atoms. The number of ether oxygens (including phenoxy) is 1. The quantitative estimate of drug-likeness (QED) is 0.234. The zero-order valence-corrected chi connectivity index (χ0v) is 11.4. The van der Waals surface area contributed by atoms with Crippen LogP contribution in [-0.4, -0.2) is 97.1 Å². The van der Waals surface area contributed by atoms with Crippen LogP contribution in [-0.2, 0) is 14.3 Å². The van der Waals surface area contributed by atoms with Crippen LogP contribution in [0.3, 0.4) is 0 Å². The summed E-state index contributed by atoms with van der Waals surface area (Å²) in [6, 6.07) is -1.42. The first-order chi connectivity index (χ1) is 10.2. The van der Waals surface area contributed by atoms with Gasteiger partial charge >= 0.3 is 5.97 Å². The number of nitrogens with one attached hydrogen (secondary N) is 1. The monoisotopic (exact) mass is 325 g/mol. The largest absolute Gasteiger partial charge is 0.477 e. The lowest BCUT2D eigenvalue weighted by molar-refractivity contribution is -0.295. The van der Waals surface area contributed by atoms with Crippen molar-refractivity contribution in [1.82, 2.24) is 5.32 Å². The minimum Gasteiger partial charge on any atom is -0.477 e. The Hall–Kier alpha value is -1.34. The summed E-state index contributed by atoms with van der Waals surface area (Å²) in [6.45, 7) is -1.86. The van der Waals surface area contributed by atoms with Crippen LogP contribution < -0.4 is 5.32 Å². The van der Waals surface area contributed by atoms with Gasteiger partial charge in [-0.25, -0.2) is 4.79 Å². The van der Waals surface area contributed by atoms with Gasteiger partial charge in [0.15, 0.2) is 0 Å². The molecule has 0 saturated carbocycles. The predicted molar refractivity (Wildman–Crippen MR) is 66.2 cm³/mol. The van der Waals surface area contributed by atoms with Gasteiger partial charge in [-0.3, -0.25) is 4.79 Å². The summed E-state index contributed by atoms with van der Waals surface area (Å²) in [7, 11) is 0. The molecule has 6 atom stereocenters. The van der Waals surface area contributed by atoms with E-state index >= 15 is 0 Å². The molecule has 0 radical (unpaired) electrons. The molecule has 1 amide bonds. The minimum absolute atomic E-state index is 0.822. The van der Waals surface area contributed by atoms with Crippen molar-refractivity contribution in [3.8, 4) is 0 Å². The van der Waals surface area contributed by atoms with Gasteiger partial charge in [0.25, 0.3) is 5.79 Å². The molecular formula is C11H19NO10. The van der Waals surface area contributed by atoms with Crippen molar-refractivity contribution in [3.05, 3.63) is 0 Å². The van der Waals surface area contributed by atoms with Gasteiger partial charge in [-0.15, -0.1) is 0 Å². The van der Waals surface area contributed by atoms with E-state index in [0.717, 1.165) is 0 Å². The molecule has 8 N–H and O–H groups in total. The van der Waals surface area contributed by atoms with E-state index in [1.807, 2.05) is 0 Å². The molecule has 1 fully saturated rings. The number of hydrogen-bond acceptors (Lipinski definition) is 9. The summed E-state index contributed by atoms with van der Waals surface area (Å²) in [6.07, 6.45) is -7.92. The Kier molecular flexibility index (Phi) is 6.19. The minimum atomic E-state index is -2.85. The molecule has 22 heavy (non-hydrogen) atoms. The normalized spacial score (nSPS) is 34.7. The molecule has 1 saturated heterocycles. The van der Waals surface area contributed by atoms with Crippen LogP contribution >= 0.6 is 0 Å². The Labute approximate surface area is 124 Å². The second-order valence-electron chi connectivity index (χ2n) is 4.94. The Morgan fingerprint density at radius 1 is 1.32 bits per heavy atom. The van der Waals surface area contributed by atoms with E-state index in [-0.39, 0.29) is 0 Å². The summed E-state index contributed by atoms with van der Waals surface area (Å²) < 4.78 is 4.83. The second kappa shape index (κ2) is 7.28. The summed E-state index contributed by atoms with van der Waals surface area (Å²) >= 11 is 0. The molecule has 0 aliphatic carbocycles. The molecule has 1 aliphatic heterocycles. The molecule has 1 heterocycles. The maximum absolute atomic E-state index is 11.2. The number of aliphatic carboxylic acids is 1. The SMILES string of the molecule is O=C(CO)N[C@@H]1[C@H]([C@H](O)[C@H](O)CO)O[C@](O)(C(=O)O)C[C@H]1O. The molecule has 0 bridgehead atoms. The Morgan fingerprint density at radius 3 is 2.36 bits per heavy atom. The van der Waals surface area contributed by atoms with Crippen LogP contribution in [0.1, 0.15) is 6.42 Å². The van der Waals surface area contributed by atoms with Crippen LogP contribution in [0.15, 0.2) is 0 Å². The van der Waals surface area contributed by atoms with Gasteiger partial charge in [0, 0.05) is 6.42 Å². The zero-order valence-electron chi connectivity index (χ0n) is 11.4. The van der Waals surface area contributed by atoms with Gasteiger partial charge in [-0.1, -0.05) is 0 Å². The third-order valence-electron chi connectivity index (χ3n) is 3.31. The van der Waals surface area contributed by atoms with Crippen molar-refractivity contribution in [3.63, 3.8) is 0 Å². The van der Waals surface area contributed by atoms with Gasteiger partial charge in [0.05, 0.1) is 18.8 Å². The van der Waals surface area contributed by atoms with Gasteiger partial charge < -0.3 is 45.8 Å². The van der Waals surface area contributed by atoms with Crippen LogP contribution in [0.4, 0.5) is 0 Å². The molecule has 0 aromatic carbocycles. The van der Waals surface area contributed by atoms with Crippen LogP contribution in [0.25, 0.3) is 0 Å². The number of amides is 1. The number of carboxylic acid groups (broad SMARTS) is 1. The van der Waals surface area contributed by atoms with Gasteiger partial charge in [0.2, 0.25) is 5.91 Å². The van der Waals surface area contributed by atoms with Crippen LogP contribution in [0, 0.1) is 0 Å². The third kappa shape index (κ3) is 3.89. The molecule has 0 unspecified atom stereocenters. The number of carbonyl (C=O) groups excluding carboxylic acids is 1. The van der Waals surface area contributed by atoms with Gasteiger partial charge in [-0.2, -0.15) is 0 Å². The first-order valence-electron chi connectivity index (χ1n) is 6.35. The van der Waals surface area contributed by atoms with Crippen LogP contribution in [0.5, 0.6) is 0 Å². The topological polar surface area (TPSA) is 197 Å². The summed E-state index contributed by atoms with van der Waals surface area (Å²) in [4.78, 5) is 22.2. The molecule has 0 aromatic heterocycles. The highest BCUT2D eigenvalue weighted by molar-refractivity contribution is 5.78. The average Bonchev–Trinajstić information content (AvgIpc) is 2.47. The summed E-state index contributed by atoms with van der Waals surface area (Å²) in [5, 5.41) is 67.5. The summed E-state index contributed by atoms with van der Waals surface area (Å²) in [5.74, 6) is -5.64. The fourth-order valence-corrected chi connectivity index (χ4v) is 2.13. The van der Waals surface area contributed by atoms with Crippen molar-refractivity contribution < 1.29 is 50.1 Å². The number of rotatable bonds is 6. The number of carboxylic acids is 1. The Balaban J connectivity index is 3.07. The predicted octanol–water partition coefficient (Wildman–Crippen LogP) is -4.90. The lowest BCUT2D eigenvalue weighted by atomic mass is 9.88. The lowest BCUT2D eigenvalue weighted by Crippen LogP contribution is -2.67. The molecule has 11 nitrogen and oxygen atoms in total. The molecular weight excluding hydrogens is 306 g/mol. The van der Waals surface area contributed by atoms with Crippen molar-refractivity contribution in [2.75, 3.05) is 13.2 Å². The van der Waals surface area contributed by atoms with Crippen molar-refractivity contribution >= 4 is 11.9 Å². The maximum Gasteiger partial charge on any atom is 0.364 e. The van der Waals surface area contributed by atoms with E-state index in [9.17, 15) is 30.0 Å². The molecule has 0 aromatic rings. The molecule has 1 rings (SSSR count). The number of aliphatic hydroxyl groups excluding tert-OH is 5. The van der Waals surface area contributed by atoms with E-state index in [2.05, 4.69) is 5.32 Å². The summed E-state index contributed by atoms with van der Waals surface area (Å²) in [5.41, 5.74) is 0. The van der Waals surface area contributed by atoms with Gasteiger partial charge in [0.1, 0.15) is 24.9 Å². The number of aliphatic hydroxyl groups is 6. The first kappa shape index (κ1) is 18.7. The van der Waals surface area contributed by atoms with Gasteiger partial charge in [-0.05, 0) is 0 Å². The Morgan fingerprint density at radius 2 is 1.91 bits per heavy atom. The second-order valence-corrected chi connectivity index (χ2v) is 4.94. The highest BCUT2D eigenvalue weighted by atomic mass is 16.7. The van der Waals surface area contributed by atoms with Crippen molar-refractivity contribution in [2.45, 2.75) is 42.7 Å². The van der Waals surface area contributed by atoms with Crippen molar-refractivity contribution in [2.24, 2.45) is 0 Å². The number of carbonyl (C=O) groups is 2. The fraction of sp³-hybridized carbons (Fsp3) is 0.818. The fourth-order valence-electron chi connectivity index (χ4n) is 2.13. The lowest BCUT2D eigenvalue weighted by Gasteiger charge is -2.44. The van der Waals surface area contributed by atoms with E-state index in [4.69, 9.17) is 20.1 Å². The maximum atomic E-state index is 11.2. The highest BCUT2D eigenvalue weighted by Gasteiger charge is 2.53. The molecule has 1 aliphatic rings. The zero-order chi connectivity index (χ0) is 17.1.